The molecule has 0 bridgehead atoms. The van der Waals surface area contributed by atoms with Gasteiger partial charge in [-0.15, -0.1) is 0 Å². The summed E-state index contributed by atoms with van der Waals surface area (Å²) >= 11 is 0. The average Bonchev–Trinajstić information content (AvgIpc) is 3.00. The number of carboxylic acids is 1. The van der Waals surface area contributed by atoms with E-state index in [0.717, 1.165) is 0 Å². The van der Waals surface area contributed by atoms with Gasteiger partial charge in [0.25, 0.3) is 0 Å². The van der Waals surface area contributed by atoms with E-state index in [1.54, 1.807) is 13.0 Å². The van der Waals surface area contributed by atoms with Gasteiger partial charge >= 0.3 is 5.63 Å². The molecule has 1 aromatic heterocycles. The highest BCUT2D eigenvalue weighted by molar-refractivity contribution is 5.87. The first-order valence-corrected chi connectivity index (χ1v) is 7.64. The van der Waals surface area contributed by atoms with E-state index in [-0.39, 0.29) is 23.3 Å². The van der Waals surface area contributed by atoms with Crippen LogP contribution in [0.3, 0.4) is 0 Å². The molecule has 1 atom stereocenters. The Bertz CT molecular complexity index is 885. The SMILES string of the molecule is Cc1c(CC(=O)N2CCC[C@H]2C(=O)[O-])c(=O)oc2cc(O)ccc12. The Morgan fingerprint density at radius 2 is 2.17 bits per heavy atom. The third-order valence-corrected chi connectivity index (χ3v) is 4.44. The predicted octanol–water partition coefficient (Wildman–Crippen LogP) is 0.0904. The number of aromatic hydroxyl groups is 1. The monoisotopic (exact) mass is 330 g/mol. The van der Waals surface area contributed by atoms with Gasteiger partial charge in [-0.05, 0) is 37.5 Å². The Labute approximate surface area is 137 Å². The van der Waals surface area contributed by atoms with Crippen LogP contribution in [0.15, 0.2) is 27.4 Å². The molecule has 0 radical (unpaired) electrons. The van der Waals surface area contributed by atoms with Gasteiger partial charge in [-0.3, -0.25) is 4.79 Å². The molecule has 2 aromatic rings. The maximum atomic E-state index is 12.4. The summed E-state index contributed by atoms with van der Waals surface area (Å²) in [6, 6.07) is 3.47. The molecular weight excluding hydrogens is 314 g/mol. The zero-order valence-corrected chi connectivity index (χ0v) is 13.1. The fraction of sp³-hybridized carbons (Fsp3) is 0.353. The second kappa shape index (κ2) is 5.99. The van der Waals surface area contributed by atoms with Crippen LogP contribution in [-0.4, -0.2) is 34.5 Å². The number of aryl methyl sites for hydroxylation is 1. The molecule has 7 heteroatoms. The lowest BCUT2D eigenvalue weighted by molar-refractivity contribution is -0.310. The van der Waals surface area contributed by atoms with Gasteiger partial charge in [-0.1, -0.05) is 0 Å². The van der Waals surface area contributed by atoms with Crippen LogP contribution in [0.25, 0.3) is 11.0 Å². The highest BCUT2D eigenvalue weighted by atomic mass is 16.4. The van der Waals surface area contributed by atoms with E-state index < -0.39 is 23.5 Å². The number of rotatable bonds is 3. The van der Waals surface area contributed by atoms with Gasteiger partial charge in [-0.25, -0.2) is 4.79 Å². The summed E-state index contributed by atoms with van der Waals surface area (Å²) in [5.41, 5.74) is 0.353. The Kier molecular flexibility index (Phi) is 4.01. The number of phenolic OH excluding ortho intramolecular Hbond substituents is 1. The molecule has 24 heavy (non-hydrogen) atoms. The van der Waals surface area contributed by atoms with Gasteiger partial charge in [-0.2, -0.15) is 0 Å². The van der Waals surface area contributed by atoms with E-state index >= 15 is 0 Å². The number of hydrogen-bond donors (Lipinski definition) is 1. The molecule has 1 aromatic carbocycles. The highest BCUT2D eigenvalue weighted by Crippen LogP contribution is 2.24. The van der Waals surface area contributed by atoms with E-state index in [4.69, 9.17) is 4.42 Å². The number of nitrogens with zero attached hydrogens (tertiary/aromatic N) is 1. The van der Waals surface area contributed by atoms with Crippen LogP contribution in [0, 0.1) is 6.92 Å². The van der Waals surface area contributed by atoms with E-state index in [9.17, 15) is 24.6 Å². The van der Waals surface area contributed by atoms with Crippen LogP contribution in [0.1, 0.15) is 24.0 Å². The van der Waals surface area contributed by atoms with Crippen molar-refractivity contribution in [3.8, 4) is 5.75 Å². The number of carbonyl (C=O) groups excluding carboxylic acids is 2. The molecule has 1 saturated heterocycles. The zero-order valence-electron chi connectivity index (χ0n) is 13.1. The average molecular weight is 330 g/mol. The maximum Gasteiger partial charge on any atom is 0.340 e. The molecule has 126 valence electrons. The second-order valence-electron chi connectivity index (χ2n) is 5.91. The van der Waals surface area contributed by atoms with Gasteiger partial charge in [0.05, 0.1) is 24.0 Å². The van der Waals surface area contributed by atoms with E-state index in [2.05, 4.69) is 0 Å². The van der Waals surface area contributed by atoms with Gasteiger partial charge in [0.15, 0.2) is 0 Å². The summed E-state index contributed by atoms with van der Waals surface area (Å²) in [4.78, 5) is 37.0. The zero-order chi connectivity index (χ0) is 17.4. The van der Waals surface area contributed by atoms with Crippen molar-refractivity contribution in [3.63, 3.8) is 0 Å². The summed E-state index contributed by atoms with van der Waals surface area (Å²) in [7, 11) is 0. The number of carboxylic acid groups (broad SMARTS) is 1. The summed E-state index contributed by atoms with van der Waals surface area (Å²) < 4.78 is 5.18. The lowest BCUT2D eigenvalue weighted by atomic mass is 10.0. The number of phenols is 1. The largest absolute Gasteiger partial charge is 0.548 e. The Morgan fingerprint density at radius 3 is 2.88 bits per heavy atom. The smallest absolute Gasteiger partial charge is 0.340 e. The van der Waals surface area contributed by atoms with Crippen LogP contribution in [-0.2, 0) is 16.0 Å². The third kappa shape index (κ3) is 2.73. The lowest BCUT2D eigenvalue weighted by Gasteiger charge is -2.25. The molecule has 1 fully saturated rings. The molecule has 1 N–H and O–H groups in total. The normalized spacial score (nSPS) is 17.4. The van der Waals surface area contributed by atoms with Crippen molar-refractivity contribution in [1.82, 2.24) is 4.90 Å². The number of benzene rings is 1. The molecule has 2 heterocycles. The van der Waals surface area contributed by atoms with Gasteiger partial charge < -0.3 is 24.3 Å². The standard InChI is InChI=1S/C17H17NO6/c1-9-11-5-4-10(19)7-14(11)24-17(23)12(9)8-15(20)18-6-2-3-13(18)16(21)22/h4-5,7,13,19H,2-3,6,8H2,1H3,(H,21,22)/p-1/t13-/m0/s1. The number of likely N-dealkylation sites (tertiary alicyclic amines) is 1. The molecule has 0 spiro atoms. The van der Waals surface area contributed by atoms with Crippen molar-refractivity contribution < 1.29 is 24.2 Å². The fourth-order valence-electron chi connectivity index (χ4n) is 3.15. The minimum Gasteiger partial charge on any atom is -0.548 e. The molecule has 0 saturated carbocycles. The van der Waals surface area contributed by atoms with Gasteiger partial charge in [0.1, 0.15) is 11.3 Å². The molecular formula is C17H16NO6-. The summed E-state index contributed by atoms with van der Waals surface area (Å²) in [6.45, 7) is 2.03. The number of fused-ring (bicyclic) bond motifs is 1. The first-order chi connectivity index (χ1) is 11.4. The molecule has 7 nitrogen and oxygen atoms in total. The van der Waals surface area contributed by atoms with Crippen LogP contribution < -0.4 is 10.7 Å². The van der Waals surface area contributed by atoms with Crippen LogP contribution >= 0.6 is 0 Å². The van der Waals surface area contributed by atoms with Crippen molar-refractivity contribution in [2.24, 2.45) is 0 Å². The molecule has 1 aliphatic heterocycles. The van der Waals surface area contributed by atoms with E-state index in [1.165, 1.54) is 17.0 Å². The Morgan fingerprint density at radius 1 is 1.42 bits per heavy atom. The number of carbonyl (C=O) groups is 2. The molecule has 0 unspecified atom stereocenters. The highest BCUT2D eigenvalue weighted by Gasteiger charge is 2.30. The Balaban J connectivity index is 1.95. The van der Waals surface area contributed by atoms with Crippen molar-refractivity contribution in [1.29, 1.82) is 0 Å². The predicted molar refractivity (Wildman–Crippen MR) is 82.3 cm³/mol. The topological polar surface area (TPSA) is 111 Å². The van der Waals surface area contributed by atoms with Crippen molar-refractivity contribution in [2.75, 3.05) is 6.54 Å². The number of hydrogen-bond acceptors (Lipinski definition) is 6. The van der Waals surface area contributed by atoms with Crippen LogP contribution in [0.2, 0.25) is 0 Å². The minimum absolute atomic E-state index is 0.0252. The molecule has 1 aliphatic rings. The minimum atomic E-state index is -1.28. The fourth-order valence-corrected chi connectivity index (χ4v) is 3.15. The van der Waals surface area contributed by atoms with Crippen molar-refractivity contribution >= 4 is 22.8 Å². The molecule has 1 amide bonds. The third-order valence-electron chi connectivity index (χ3n) is 4.44. The van der Waals surface area contributed by atoms with Crippen molar-refractivity contribution in [2.45, 2.75) is 32.2 Å². The summed E-state index contributed by atoms with van der Waals surface area (Å²) in [5.74, 6) is -1.74. The number of amides is 1. The Hall–Kier alpha value is -2.83. The van der Waals surface area contributed by atoms with Gasteiger partial charge in [0.2, 0.25) is 5.91 Å². The quantitative estimate of drug-likeness (QED) is 0.799. The second-order valence-corrected chi connectivity index (χ2v) is 5.91. The molecule has 0 aliphatic carbocycles. The summed E-state index contributed by atoms with van der Waals surface area (Å²) in [6.07, 6.45) is 0.725. The van der Waals surface area contributed by atoms with Crippen molar-refractivity contribution in [3.05, 3.63) is 39.7 Å². The first kappa shape index (κ1) is 16.0. The molecule has 3 rings (SSSR count). The number of aliphatic carboxylic acids is 1. The van der Waals surface area contributed by atoms with E-state index in [1.807, 2.05) is 0 Å². The van der Waals surface area contributed by atoms with Crippen LogP contribution in [0.4, 0.5) is 0 Å². The van der Waals surface area contributed by atoms with Gasteiger partial charge in [0, 0.05) is 18.0 Å². The maximum absolute atomic E-state index is 12.4. The lowest BCUT2D eigenvalue weighted by Crippen LogP contribution is -2.47. The summed E-state index contributed by atoms with van der Waals surface area (Å²) in [5, 5.41) is 21.2. The van der Waals surface area contributed by atoms with E-state index in [0.29, 0.717) is 30.3 Å². The van der Waals surface area contributed by atoms with Crippen LogP contribution in [0.5, 0.6) is 5.75 Å². The first-order valence-electron chi connectivity index (χ1n) is 7.64.